The van der Waals surface area contributed by atoms with Gasteiger partial charge in [0.1, 0.15) is 17.5 Å². The Labute approximate surface area is 154 Å². The summed E-state index contributed by atoms with van der Waals surface area (Å²) >= 11 is 4.88. The third-order valence-electron chi connectivity index (χ3n) is 3.85. The number of thiophene rings is 1. The first kappa shape index (κ1) is 17.2. The van der Waals surface area contributed by atoms with Gasteiger partial charge in [-0.1, -0.05) is 0 Å². The molecule has 1 N–H and O–H groups in total. The number of hydrogen-bond donors (Lipinski definition) is 1. The van der Waals surface area contributed by atoms with Crippen molar-refractivity contribution in [2.75, 3.05) is 42.9 Å². The average molecular weight is 410 g/mol. The van der Waals surface area contributed by atoms with Crippen LogP contribution in [0.15, 0.2) is 22.0 Å². The molecule has 8 heteroatoms. The lowest BCUT2D eigenvalue weighted by atomic mass is 10.3. The van der Waals surface area contributed by atoms with E-state index >= 15 is 0 Å². The summed E-state index contributed by atoms with van der Waals surface area (Å²) in [5, 5.41) is 5.17. The van der Waals surface area contributed by atoms with Crippen LogP contribution < -0.4 is 10.2 Å². The van der Waals surface area contributed by atoms with Crippen molar-refractivity contribution in [2.45, 2.75) is 13.8 Å². The molecule has 3 rings (SSSR count). The minimum absolute atomic E-state index is 0.109. The fourth-order valence-electron chi connectivity index (χ4n) is 2.71. The number of carbonyl (C=O) groups excluding carboxylic acids is 1. The van der Waals surface area contributed by atoms with Crippen molar-refractivity contribution in [3.63, 3.8) is 0 Å². The second-order valence-corrected chi connectivity index (χ2v) is 7.42. The molecule has 2 aromatic rings. The summed E-state index contributed by atoms with van der Waals surface area (Å²) in [5.74, 6) is 2.63. The van der Waals surface area contributed by atoms with Gasteiger partial charge in [0.25, 0.3) is 5.91 Å². The molecule has 0 spiro atoms. The largest absolute Gasteiger partial charge is 0.370 e. The van der Waals surface area contributed by atoms with E-state index in [0.717, 1.165) is 46.4 Å². The number of rotatable bonds is 4. The SMILES string of the molecule is CCNc1cc(N2CCN(C(=O)c3cc(Br)cs3)CC2)nc(C)n1. The number of amides is 1. The van der Waals surface area contributed by atoms with E-state index in [1.807, 2.05) is 36.3 Å². The van der Waals surface area contributed by atoms with Crippen LogP contribution in [0.2, 0.25) is 0 Å². The first-order valence-electron chi connectivity index (χ1n) is 7.94. The van der Waals surface area contributed by atoms with Gasteiger partial charge in [0.2, 0.25) is 0 Å². The summed E-state index contributed by atoms with van der Waals surface area (Å²) in [4.78, 5) is 26.3. The molecule has 128 valence electrons. The lowest BCUT2D eigenvalue weighted by Gasteiger charge is -2.35. The van der Waals surface area contributed by atoms with Crippen molar-refractivity contribution < 1.29 is 4.79 Å². The number of nitrogens with one attached hydrogen (secondary N) is 1. The Balaban J connectivity index is 1.65. The number of aryl methyl sites for hydroxylation is 1. The van der Waals surface area contributed by atoms with Crippen LogP contribution in [-0.2, 0) is 0 Å². The lowest BCUT2D eigenvalue weighted by Crippen LogP contribution is -2.49. The molecule has 0 saturated carbocycles. The molecule has 3 heterocycles. The molecular weight excluding hydrogens is 390 g/mol. The Hall–Kier alpha value is -1.67. The van der Waals surface area contributed by atoms with E-state index < -0.39 is 0 Å². The summed E-state index contributed by atoms with van der Waals surface area (Å²) in [7, 11) is 0. The fraction of sp³-hybridized carbons (Fsp3) is 0.438. The molecule has 0 radical (unpaired) electrons. The Bertz CT molecular complexity index is 727. The van der Waals surface area contributed by atoms with Crippen molar-refractivity contribution in [1.82, 2.24) is 14.9 Å². The van der Waals surface area contributed by atoms with E-state index in [-0.39, 0.29) is 5.91 Å². The Kier molecular flexibility index (Phi) is 5.35. The molecule has 2 aromatic heterocycles. The minimum atomic E-state index is 0.109. The van der Waals surface area contributed by atoms with Crippen LogP contribution in [0.3, 0.4) is 0 Å². The summed E-state index contributed by atoms with van der Waals surface area (Å²) in [6.07, 6.45) is 0. The number of halogens is 1. The number of piperazine rings is 1. The van der Waals surface area contributed by atoms with Gasteiger partial charge >= 0.3 is 0 Å². The molecular formula is C16H20BrN5OS. The van der Waals surface area contributed by atoms with Gasteiger partial charge in [-0.2, -0.15) is 0 Å². The van der Waals surface area contributed by atoms with Gasteiger partial charge in [0.05, 0.1) is 4.88 Å². The zero-order chi connectivity index (χ0) is 17.1. The second kappa shape index (κ2) is 7.48. The summed E-state index contributed by atoms with van der Waals surface area (Å²) < 4.78 is 0.960. The molecule has 1 amide bonds. The monoisotopic (exact) mass is 409 g/mol. The number of carbonyl (C=O) groups is 1. The van der Waals surface area contributed by atoms with Crippen LogP contribution in [0.25, 0.3) is 0 Å². The molecule has 1 aliphatic heterocycles. The Morgan fingerprint density at radius 2 is 2.04 bits per heavy atom. The molecule has 0 aliphatic carbocycles. The molecule has 6 nitrogen and oxygen atoms in total. The van der Waals surface area contributed by atoms with Crippen LogP contribution in [-0.4, -0.2) is 53.5 Å². The van der Waals surface area contributed by atoms with E-state index in [0.29, 0.717) is 13.1 Å². The maximum Gasteiger partial charge on any atom is 0.264 e. The van der Waals surface area contributed by atoms with E-state index in [4.69, 9.17) is 0 Å². The smallest absolute Gasteiger partial charge is 0.264 e. The number of hydrogen-bond acceptors (Lipinski definition) is 6. The first-order chi connectivity index (χ1) is 11.6. The lowest BCUT2D eigenvalue weighted by molar-refractivity contribution is 0.0751. The van der Waals surface area contributed by atoms with Crippen LogP contribution >= 0.6 is 27.3 Å². The van der Waals surface area contributed by atoms with Crippen LogP contribution in [0, 0.1) is 6.92 Å². The molecule has 0 aromatic carbocycles. The molecule has 1 saturated heterocycles. The van der Waals surface area contributed by atoms with Crippen LogP contribution in [0.1, 0.15) is 22.4 Å². The quantitative estimate of drug-likeness (QED) is 0.840. The zero-order valence-electron chi connectivity index (χ0n) is 13.8. The molecule has 1 fully saturated rings. The third kappa shape index (κ3) is 3.87. The highest BCUT2D eigenvalue weighted by molar-refractivity contribution is 9.10. The van der Waals surface area contributed by atoms with E-state index in [1.165, 1.54) is 11.3 Å². The van der Waals surface area contributed by atoms with Gasteiger partial charge in [0.15, 0.2) is 0 Å². The summed E-state index contributed by atoms with van der Waals surface area (Å²) in [6.45, 7) is 7.74. The van der Waals surface area contributed by atoms with Gasteiger partial charge in [-0.15, -0.1) is 11.3 Å². The van der Waals surface area contributed by atoms with Gasteiger partial charge in [-0.25, -0.2) is 9.97 Å². The van der Waals surface area contributed by atoms with Crippen molar-refractivity contribution in [1.29, 1.82) is 0 Å². The number of nitrogens with zero attached hydrogens (tertiary/aromatic N) is 4. The Morgan fingerprint density at radius 3 is 2.67 bits per heavy atom. The predicted molar refractivity (Wildman–Crippen MR) is 101 cm³/mol. The van der Waals surface area contributed by atoms with Crippen LogP contribution in [0.4, 0.5) is 11.6 Å². The van der Waals surface area contributed by atoms with E-state index in [1.54, 1.807) is 0 Å². The van der Waals surface area contributed by atoms with Gasteiger partial charge < -0.3 is 15.1 Å². The summed E-state index contributed by atoms with van der Waals surface area (Å²) in [6, 6.07) is 3.86. The average Bonchev–Trinajstić information content (AvgIpc) is 3.00. The second-order valence-electron chi connectivity index (χ2n) is 5.60. The number of anilines is 2. The Morgan fingerprint density at radius 1 is 1.29 bits per heavy atom. The van der Waals surface area contributed by atoms with Gasteiger partial charge in [0, 0.05) is 48.6 Å². The summed E-state index contributed by atoms with van der Waals surface area (Å²) in [5.41, 5.74) is 0. The van der Waals surface area contributed by atoms with E-state index in [9.17, 15) is 4.79 Å². The highest BCUT2D eigenvalue weighted by Crippen LogP contribution is 2.23. The zero-order valence-corrected chi connectivity index (χ0v) is 16.2. The third-order valence-corrected chi connectivity index (χ3v) is 5.53. The van der Waals surface area contributed by atoms with Gasteiger partial charge in [-0.05, 0) is 35.8 Å². The minimum Gasteiger partial charge on any atom is -0.370 e. The van der Waals surface area contributed by atoms with Crippen molar-refractivity contribution in [3.8, 4) is 0 Å². The predicted octanol–water partition coefficient (Wildman–Crippen LogP) is 3.00. The van der Waals surface area contributed by atoms with Crippen molar-refractivity contribution in [2.24, 2.45) is 0 Å². The number of aromatic nitrogens is 2. The topological polar surface area (TPSA) is 61.4 Å². The van der Waals surface area contributed by atoms with Crippen molar-refractivity contribution >= 4 is 44.8 Å². The molecule has 24 heavy (non-hydrogen) atoms. The molecule has 0 bridgehead atoms. The normalized spacial score (nSPS) is 14.8. The molecule has 1 aliphatic rings. The highest BCUT2D eigenvalue weighted by Gasteiger charge is 2.24. The standard InChI is InChI=1S/C16H20BrN5OS/c1-3-18-14-9-15(20-11(2)19-14)21-4-6-22(7-5-21)16(23)13-8-12(17)10-24-13/h8-10H,3-7H2,1-2H3,(H,18,19,20). The molecule has 0 unspecified atom stereocenters. The van der Waals surface area contributed by atoms with E-state index in [2.05, 4.69) is 36.1 Å². The van der Waals surface area contributed by atoms with Crippen molar-refractivity contribution in [3.05, 3.63) is 32.7 Å². The highest BCUT2D eigenvalue weighted by atomic mass is 79.9. The maximum atomic E-state index is 12.5. The maximum absolute atomic E-state index is 12.5. The fourth-order valence-corrected chi connectivity index (χ4v) is 4.10. The van der Waals surface area contributed by atoms with Crippen LogP contribution in [0.5, 0.6) is 0 Å². The van der Waals surface area contributed by atoms with Gasteiger partial charge in [-0.3, -0.25) is 4.79 Å². The molecule has 0 atom stereocenters. The first-order valence-corrected chi connectivity index (χ1v) is 9.62.